The first-order chi connectivity index (χ1) is 9.31. The number of hydrogen-bond acceptors (Lipinski definition) is 5. The topological polar surface area (TPSA) is 79.8 Å². The van der Waals surface area contributed by atoms with Gasteiger partial charge in [-0.25, -0.2) is 4.79 Å². The molecular formula is C12H13N5OS. The van der Waals surface area contributed by atoms with Gasteiger partial charge < -0.3 is 5.32 Å². The van der Waals surface area contributed by atoms with Gasteiger partial charge in [0, 0.05) is 24.4 Å². The third kappa shape index (κ3) is 3.25. The molecule has 7 heteroatoms. The van der Waals surface area contributed by atoms with Crippen LogP contribution in [-0.2, 0) is 6.54 Å². The lowest BCUT2D eigenvalue weighted by atomic mass is 10.2. The minimum absolute atomic E-state index is 0.276. The lowest BCUT2D eigenvalue weighted by Crippen LogP contribution is -2.28. The summed E-state index contributed by atoms with van der Waals surface area (Å²) in [5.41, 5.74) is 3.76. The van der Waals surface area contributed by atoms with Crippen LogP contribution in [0.2, 0.25) is 0 Å². The second-order valence-electron chi connectivity index (χ2n) is 4.41. The Morgan fingerprint density at radius 1 is 1.47 bits per heavy atom. The summed E-state index contributed by atoms with van der Waals surface area (Å²) in [6.07, 6.45) is 4.25. The van der Waals surface area contributed by atoms with E-state index in [2.05, 4.69) is 31.9 Å². The van der Waals surface area contributed by atoms with Gasteiger partial charge >= 0.3 is 6.03 Å². The maximum absolute atomic E-state index is 11.6. The van der Waals surface area contributed by atoms with Gasteiger partial charge in [-0.2, -0.15) is 0 Å². The van der Waals surface area contributed by atoms with Gasteiger partial charge in [-0.05, 0) is 30.5 Å². The fourth-order valence-corrected chi connectivity index (χ4v) is 2.20. The van der Waals surface area contributed by atoms with Gasteiger partial charge in [0.25, 0.3) is 0 Å². The summed E-state index contributed by atoms with van der Waals surface area (Å²) in [6.45, 7) is 0.479. The van der Waals surface area contributed by atoms with E-state index in [1.54, 1.807) is 11.7 Å². The van der Waals surface area contributed by atoms with E-state index < -0.39 is 0 Å². The second kappa shape index (κ2) is 5.31. The number of anilines is 1. The SMILES string of the molecule is O=C(NCc1ccnc(C2CC2)c1)Nc1nncs1. The normalized spacial score (nSPS) is 14.1. The minimum atomic E-state index is -0.276. The number of aromatic nitrogens is 3. The summed E-state index contributed by atoms with van der Waals surface area (Å²) in [5, 5.41) is 13.3. The van der Waals surface area contributed by atoms with E-state index in [1.165, 1.54) is 24.2 Å². The Morgan fingerprint density at radius 2 is 2.37 bits per heavy atom. The van der Waals surface area contributed by atoms with E-state index in [1.807, 2.05) is 6.07 Å². The van der Waals surface area contributed by atoms with Gasteiger partial charge in [0.05, 0.1) is 0 Å². The number of rotatable bonds is 4. The highest BCUT2D eigenvalue weighted by Crippen LogP contribution is 2.38. The molecule has 2 heterocycles. The molecule has 1 saturated carbocycles. The maximum Gasteiger partial charge on any atom is 0.321 e. The van der Waals surface area contributed by atoms with Gasteiger partial charge in [0.1, 0.15) is 5.51 Å². The summed E-state index contributed by atoms with van der Waals surface area (Å²) in [7, 11) is 0. The standard InChI is InChI=1S/C12H13N5OS/c18-11(16-12-17-15-7-19-12)14-6-8-3-4-13-10(5-8)9-1-2-9/h3-5,7,9H,1-2,6H2,(H2,14,16,17,18). The third-order valence-corrected chi connectivity index (χ3v) is 3.48. The molecule has 3 rings (SSSR count). The average molecular weight is 275 g/mol. The number of carbonyl (C=O) groups excluding carboxylic acids is 1. The van der Waals surface area contributed by atoms with Crippen LogP contribution in [0.5, 0.6) is 0 Å². The molecule has 0 unspecified atom stereocenters. The summed E-state index contributed by atoms with van der Waals surface area (Å²) >= 11 is 1.28. The number of nitrogens with one attached hydrogen (secondary N) is 2. The van der Waals surface area contributed by atoms with Crippen molar-refractivity contribution < 1.29 is 4.79 Å². The molecule has 0 aliphatic heterocycles. The van der Waals surface area contributed by atoms with Crippen LogP contribution in [0.15, 0.2) is 23.8 Å². The molecule has 1 aliphatic carbocycles. The van der Waals surface area contributed by atoms with E-state index >= 15 is 0 Å². The minimum Gasteiger partial charge on any atom is -0.334 e. The number of hydrogen-bond donors (Lipinski definition) is 2. The van der Waals surface area contributed by atoms with Crippen molar-refractivity contribution in [2.24, 2.45) is 0 Å². The van der Waals surface area contributed by atoms with Crippen LogP contribution in [0.1, 0.15) is 30.0 Å². The van der Waals surface area contributed by atoms with Crippen molar-refractivity contribution in [3.8, 4) is 0 Å². The maximum atomic E-state index is 11.6. The van der Waals surface area contributed by atoms with E-state index in [4.69, 9.17) is 0 Å². The molecule has 0 aromatic carbocycles. The lowest BCUT2D eigenvalue weighted by molar-refractivity contribution is 0.251. The molecule has 2 N–H and O–H groups in total. The van der Waals surface area contributed by atoms with E-state index in [9.17, 15) is 4.79 Å². The Labute approximate surface area is 114 Å². The van der Waals surface area contributed by atoms with Crippen molar-refractivity contribution >= 4 is 22.5 Å². The summed E-state index contributed by atoms with van der Waals surface area (Å²) < 4.78 is 0. The van der Waals surface area contributed by atoms with Crippen LogP contribution in [0.4, 0.5) is 9.93 Å². The average Bonchev–Trinajstić information content (AvgIpc) is 3.16. The molecule has 0 spiro atoms. The Balaban J connectivity index is 1.53. The van der Waals surface area contributed by atoms with E-state index in [0.717, 1.165) is 11.3 Å². The van der Waals surface area contributed by atoms with Crippen LogP contribution in [0, 0.1) is 0 Å². The zero-order chi connectivity index (χ0) is 13.1. The monoisotopic (exact) mass is 275 g/mol. The van der Waals surface area contributed by atoms with Gasteiger partial charge in [-0.15, -0.1) is 10.2 Å². The highest BCUT2D eigenvalue weighted by Gasteiger charge is 2.24. The van der Waals surface area contributed by atoms with Crippen LogP contribution in [0.25, 0.3) is 0 Å². The highest BCUT2D eigenvalue weighted by molar-refractivity contribution is 7.13. The molecule has 1 fully saturated rings. The predicted octanol–water partition coefficient (Wildman–Crippen LogP) is 2.13. The van der Waals surface area contributed by atoms with E-state index in [-0.39, 0.29) is 6.03 Å². The van der Waals surface area contributed by atoms with Gasteiger partial charge in [0.2, 0.25) is 5.13 Å². The van der Waals surface area contributed by atoms with Crippen LogP contribution in [-0.4, -0.2) is 21.2 Å². The van der Waals surface area contributed by atoms with Gasteiger partial charge in [-0.3, -0.25) is 10.3 Å². The summed E-state index contributed by atoms with van der Waals surface area (Å²) in [5.74, 6) is 0.621. The quantitative estimate of drug-likeness (QED) is 0.895. The molecule has 0 saturated heterocycles. The highest BCUT2D eigenvalue weighted by atomic mass is 32.1. The Kier molecular flexibility index (Phi) is 3.37. The molecule has 2 aromatic heterocycles. The smallest absolute Gasteiger partial charge is 0.321 e. The van der Waals surface area contributed by atoms with Gasteiger partial charge in [-0.1, -0.05) is 11.3 Å². The van der Waals surface area contributed by atoms with Crippen molar-refractivity contribution in [3.63, 3.8) is 0 Å². The second-order valence-corrected chi connectivity index (χ2v) is 5.25. The Morgan fingerprint density at radius 3 is 3.11 bits per heavy atom. The Bertz CT molecular complexity index is 567. The molecule has 0 radical (unpaired) electrons. The van der Waals surface area contributed by atoms with Crippen LogP contribution < -0.4 is 10.6 Å². The van der Waals surface area contributed by atoms with Crippen molar-refractivity contribution in [2.75, 3.05) is 5.32 Å². The predicted molar refractivity (Wildman–Crippen MR) is 72.0 cm³/mol. The molecule has 2 aromatic rings. The van der Waals surface area contributed by atoms with Crippen molar-refractivity contribution in [1.29, 1.82) is 0 Å². The summed E-state index contributed by atoms with van der Waals surface area (Å²) in [6, 6.07) is 3.70. The van der Waals surface area contributed by atoms with Gasteiger partial charge in [0.15, 0.2) is 0 Å². The first-order valence-electron chi connectivity index (χ1n) is 6.07. The van der Waals surface area contributed by atoms with E-state index in [0.29, 0.717) is 17.6 Å². The van der Waals surface area contributed by atoms with Crippen molar-refractivity contribution in [1.82, 2.24) is 20.5 Å². The number of nitrogens with zero attached hydrogens (tertiary/aromatic N) is 3. The number of pyridine rings is 1. The zero-order valence-electron chi connectivity index (χ0n) is 10.2. The molecule has 0 bridgehead atoms. The molecular weight excluding hydrogens is 262 g/mol. The number of urea groups is 1. The molecule has 98 valence electrons. The molecule has 0 atom stereocenters. The number of amides is 2. The fourth-order valence-electron chi connectivity index (χ4n) is 1.76. The zero-order valence-corrected chi connectivity index (χ0v) is 11.0. The van der Waals surface area contributed by atoms with Crippen molar-refractivity contribution in [3.05, 3.63) is 35.1 Å². The lowest BCUT2D eigenvalue weighted by Gasteiger charge is -2.06. The summed E-state index contributed by atoms with van der Waals surface area (Å²) in [4.78, 5) is 16.0. The third-order valence-electron chi connectivity index (χ3n) is 2.87. The Hall–Kier alpha value is -2.02. The van der Waals surface area contributed by atoms with Crippen LogP contribution >= 0.6 is 11.3 Å². The van der Waals surface area contributed by atoms with Crippen LogP contribution in [0.3, 0.4) is 0 Å². The molecule has 19 heavy (non-hydrogen) atoms. The molecule has 1 aliphatic rings. The molecule has 6 nitrogen and oxygen atoms in total. The fraction of sp³-hybridized carbons (Fsp3) is 0.333. The largest absolute Gasteiger partial charge is 0.334 e. The van der Waals surface area contributed by atoms with Crippen molar-refractivity contribution in [2.45, 2.75) is 25.3 Å². The first-order valence-corrected chi connectivity index (χ1v) is 6.95. The number of carbonyl (C=O) groups is 1. The molecule has 2 amide bonds. The first kappa shape index (κ1) is 12.0.